The van der Waals surface area contributed by atoms with Crippen LogP contribution in [0.5, 0.6) is 5.88 Å². The molecule has 2 aliphatic carbocycles. The zero-order valence-corrected chi connectivity index (χ0v) is 29.8. The van der Waals surface area contributed by atoms with Gasteiger partial charge < -0.3 is 20.3 Å². The first kappa shape index (κ1) is 36.4. The van der Waals surface area contributed by atoms with E-state index in [0.29, 0.717) is 43.3 Å². The third kappa shape index (κ3) is 7.87. The van der Waals surface area contributed by atoms with Gasteiger partial charge in [0.2, 0.25) is 27.7 Å². The number of sulfonamides is 1. The summed E-state index contributed by atoms with van der Waals surface area (Å²) in [6.45, 7) is 1.55. The van der Waals surface area contributed by atoms with Crippen LogP contribution in [-0.4, -0.2) is 82.4 Å². The van der Waals surface area contributed by atoms with E-state index < -0.39 is 80.2 Å². The van der Waals surface area contributed by atoms with Crippen LogP contribution in [0.1, 0.15) is 73.8 Å². The quantitative estimate of drug-likeness (QED) is 0.306. The molecule has 2 aliphatic heterocycles. The zero-order valence-electron chi connectivity index (χ0n) is 29.0. The third-order valence-corrected chi connectivity index (χ3v) is 12.1. The van der Waals surface area contributed by atoms with Crippen LogP contribution in [0.3, 0.4) is 0 Å². The number of nitrogens with one attached hydrogen (secondary N) is 3. The van der Waals surface area contributed by atoms with Crippen LogP contribution in [0.25, 0.3) is 11.0 Å². The van der Waals surface area contributed by atoms with Gasteiger partial charge in [0.1, 0.15) is 41.1 Å². The molecule has 53 heavy (non-hydrogen) atoms. The van der Waals surface area contributed by atoms with E-state index >= 15 is 0 Å². The molecule has 13 nitrogen and oxygen atoms in total. The fourth-order valence-corrected chi connectivity index (χ4v) is 8.42. The van der Waals surface area contributed by atoms with E-state index in [4.69, 9.17) is 4.74 Å². The van der Waals surface area contributed by atoms with Crippen molar-refractivity contribution in [2.45, 2.75) is 93.7 Å². The highest BCUT2D eigenvalue weighted by molar-refractivity contribution is 7.91. The largest absolute Gasteiger partial charge is 0.471 e. The Bertz CT molecular complexity index is 2090. The molecule has 5 atom stereocenters. The Morgan fingerprint density at radius 2 is 1.74 bits per heavy atom. The normalized spacial score (nSPS) is 26.4. The van der Waals surface area contributed by atoms with Gasteiger partial charge in [0.25, 0.3) is 11.8 Å². The zero-order chi connectivity index (χ0) is 37.5. The number of fused-ring (bicyclic) bond motifs is 3. The highest BCUT2D eigenvalue weighted by atomic mass is 32.2. The number of carbonyl (C=O) groups is 4. The van der Waals surface area contributed by atoms with E-state index in [0.717, 1.165) is 18.6 Å². The van der Waals surface area contributed by atoms with Crippen molar-refractivity contribution in [1.29, 1.82) is 0 Å². The second-order valence-corrected chi connectivity index (χ2v) is 16.2. The van der Waals surface area contributed by atoms with Crippen LogP contribution in [0.2, 0.25) is 0 Å². The van der Waals surface area contributed by atoms with Gasteiger partial charge in [0, 0.05) is 24.0 Å². The van der Waals surface area contributed by atoms with Crippen molar-refractivity contribution >= 4 is 44.7 Å². The van der Waals surface area contributed by atoms with E-state index in [1.807, 2.05) is 12.2 Å². The summed E-state index contributed by atoms with van der Waals surface area (Å²) in [5.74, 6) is -4.12. The first-order valence-electron chi connectivity index (χ1n) is 17.9. The molecule has 7 rings (SSSR count). The lowest BCUT2D eigenvalue weighted by molar-refractivity contribution is -0.141. The van der Waals surface area contributed by atoms with Gasteiger partial charge in [-0.05, 0) is 81.8 Å². The molecular formula is C37H40F2N6O7S. The predicted molar refractivity (Wildman–Crippen MR) is 188 cm³/mol. The van der Waals surface area contributed by atoms with Crippen LogP contribution >= 0.6 is 0 Å². The molecule has 3 N–H and O–H groups in total. The number of nitrogens with zero attached hydrogens (tertiary/aromatic N) is 3. The first-order chi connectivity index (χ1) is 25.3. The van der Waals surface area contributed by atoms with Gasteiger partial charge in [-0.3, -0.25) is 23.9 Å². The minimum Gasteiger partial charge on any atom is -0.471 e. The van der Waals surface area contributed by atoms with Gasteiger partial charge in [-0.15, -0.1) is 0 Å². The predicted octanol–water partition coefficient (Wildman–Crippen LogP) is 3.37. The lowest BCUT2D eigenvalue weighted by Crippen LogP contribution is -2.58. The molecule has 0 radical (unpaired) electrons. The molecule has 16 heteroatoms. The second kappa shape index (κ2) is 14.4. The summed E-state index contributed by atoms with van der Waals surface area (Å²) in [5.41, 5.74) is -0.311. The van der Waals surface area contributed by atoms with E-state index in [1.165, 1.54) is 35.2 Å². The summed E-state index contributed by atoms with van der Waals surface area (Å²) in [6, 6.07) is 6.62. The number of halogens is 2. The molecule has 3 aromatic rings. The second-order valence-electron chi connectivity index (χ2n) is 14.3. The number of rotatable bonds is 7. The molecule has 4 aliphatic rings. The molecule has 4 amide bonds. The Balaban J connectivity index is 1.19. The maximum absolute atomic E-state index is 14.5. The standard InChI is InChI=1S/C37H40F2N6O7S/c1-21-34(42-30-17-25(39)13-16-28(30)40-21)52-26-18-31-33(47)43-37(36(49)44-53(50,51)27-14-15-27)19-23(37)7-5-3-2-4-6-8-29(35(48)45(31)20-26)41-32(46)22-9-11-24(38)12-10-22/h5,7,9-13,16-17,23,26-27,29,31H,2-4,6,8,14-15,18-20H2,1H3,(H,41,46)(H,43,47)(H,44,49)/t23-,26-,29+,31+,37-/m1/s1. The first-order valence-corrected chi connectivity index (χ1v) is 19.4. The van der Waals surface area contributed by atoms with Crippen molar-refractivity contribution in [1.82, 2.24) is 30.2 Å². The van der Waals surface area contributed by atoms with Crippen molar-refractivity contribution in [3.63, 3.8) is 0 Å². The minimum atomic E-state index is -3.92. The van der Waals surface area contributed by atoms with Crippen LogP contribution in [0, 0.1) is 24.5 Å². The summed E-state index contributed by atoms with van der Waals surface area (Å²) in [5, 5.41) is 4.94. The highest BCUT2D eigenvalue weighted by Gasteiger charge is 2.62. The lowest BCUT2D eigenvalue weighted by atomic mass is 10.0. The monoisotopic (exact) mass is 750 g/mol. The van der Waals surface area contributed by atoms with Crippen molar-refractivity contribution in [3.05, 3.63) is 77.5 Å². The van der Waals surface area contributed by atoms with E-state index in [-0.39, 0.29) is 42.8 Å². The van der Waals surface area contributed by atoms with Gasteiger partial charge in [-0.25, -0.2) is 27.2 Å². The van der Waals surface area contributed by atoms with Crippen LogP contribution in [-0.2, 0) is 24.4 Å². The Hall–Kier alpha value is -4.99. The molecular weight excluding hydrogens is 711 g/mol. The summed E-state index contributed by atoms with van der Waals surface area (Å²) in [7, 11) is -3.92. The molecule has 2 aromatic carbocycles. The fourth-order valence-electron chi connectivity index (χ4n) is 7.06. The summed E-state index contributed by atoms with van der Waals surface area (Å²) in [6.07, 6.45) is 6.86. The fraction of sp³-hybridized carbons (Fsp3) is 0.459. The highest BCUT2D eigenvalue weighted by Crippen LogP contribution is 2.46. The van der Waals surface area contributed by atoms with Gasteiger partial charge in [0.15, 0.2) is 0 Å². The molecule has 280 valence electrons. The number of aryl methyl sites for hydroxylation is 1. The molecule has 0 unspecified atom stereocenters. The van der Waals surface area contributed by atoms with Gasteiger partial charge in [0.05, 0.1) is 22.8 Å². The molecule has 0 spiro atoms. The summed E-state index contributed by atoms with van der Waals surface area (Å²) >= 11 is 0. The maximum Gasteiger partial charge on any atom is 0.259 e. The molecule has 3 fully saturated rings. The number of benzene rings is 2. The molecule has 1 aromatic heterocycles. The molecule has 2 saturated carbocycles. The van der Waals surface area contributed by atoms with Crippen molar-refractivity contribution < 1.29 is 41.1 Å². The Morgan fingerprint density at radius 1 is 0.981 bits per heavy atom. The van der Waals surface area contributed by atoms with E-state index in [9.17, 15) is 36.4 Å². The van der Waals surface area contributed by atoms with Crippen LogP contribution < -0.4 is 20.1 Å². The number of hydrogen-bond acceptors (Lipinski definition) is 9. The van der Waals surface area contributed by atoms with Gasteiger partial charge in [-0.1, -0.05) is 25.0 Å². The molecule has 1 saturated heterocycles. The van der Waals surface area contributed by atoms with Gasteiger partial charge >= 0.3 is 0 Å². The minimum absolute atomic E-state index is 0.0446. The summed E-state index contributed by atoms with van der Waals surface area (Å²) < 4.78 is 61.6. The average Bonchev–Trinajstić information content (AvgIpc) is 4.04. The third-order valence-electron chi connectivity index (χ3n) is 10.3. The molecule has 0 bridgehead atoms. The Kier molecular flexibility index (Phi) is 9.91. The Labute approximate surface area is 305 Å². The maximum atomic E-state index is 14.5. The number of aromatic nitrogens is 2. The van der Waals surface area contributed by atoms with Crippen LogP contribution in [0.4, 0.5) is 8.78 Å². The molecule has 3 heterocycles. The topological polar surface area (TPSA) is 177 Å². The number of amides is 4. The van der Waals surface area contributed by atoms with Crippen molar-refractivity contribution in [2.75, 3.05) is 6.54 Å². The smallest absolute Gasteiger partial charge is 0.259 e. The van der Waals surface area contributed by atoms with Crippen molar-refractivity contribution in [3.8, 4) is 5.88 Å². The number of hydrogen-bond donors (Lipinski definition) is 3. The number of carbonyl (C=O) groups excluding carboxylic acids is 4. The van der Waals surface area contributed by atoms with Crippen LogP contribution in [0.15, 0.2) is 54.6 Å². The van der Waals surface area contributed by atoms with Gasteiger partial charge in [-0.2, -0.15) is 0 Å². The number of ether oxygens (including phenoxy) is 1. The Morgan fingerprint density at radius 3 is 2.49 bits per heavy atom. The SMILES string of the molecule is Cc1nc2ccc(F)cc2nc1O[C@@H]1C[C@H]2C(=O)N[C@]3(C(=O)NS(=O)(=O)C4CC4)C[C@H]3C=CCCCCC[C@H](NC(=O)c3ccc(F)cc3)C(=O)N2C1. The summed E-state index contributed by atoms with van der Waals surface area (Å²) in [4.78, 5) is 65.9. The lowest BCUT2D eigenvalue weighted by Gasteiger charge is -2.30. The van der Waals surface area contributed by atoms with E-state index in [1.54, 1.807) is 6.92 Å². The number of allylic oxidation sites excluding steroid dienone is 1. The van der Waals surface area contributed by atoms with Crippen molar-refractivity contribution in [2.24, 2.45) is 5.92 Å². The average molecular weight is 751 g/mol. The van der Waals surface area contributed by atoms with E-state index in [2.05, 4.69) is 25.3 Å².